The van der Waals surface area contributed by atoms with Gasteiger partial charge in [0.05, 0.1) is 28.4 Å². The van der Waals surface area contributed by atoms with Crippen LogP contribution in [0.15, 0.2) is 135 Å². The zero-order valence-corrected chi connectivity index (χ0v) is 21.7. The molecule has 5 aromatic carbocycles. The van der Waals surface area contributed by atoms with E-state index in [0.717, 1.165) is 50.5 Å². The van der Waals surface area contributed by atoms with E-state index in [0.29, 0.717) is 0 Å². The Labute approximate surface area is 222 Å². The lowest BCUT2D eigenvalue weighted by atomic mass is 10.1. The van der Waals surface area contributed by atoms with E-state index >= 15 is 0 Å². The Morgan fingerprint density at radius 2 is 1.03 bits per heavy atom. The largest absolute Gasteiger partial charge is 0.378 e. The molecule has 0 aromatic heterocycles. The van der Waals surface area contributed by atoms with Crippen molar-refractivity contribution in [3.8, 4) is 0 Å². The fourth-order valence-corrected chi connectivity index (χ4v) is 3.89. The molecular formula is C32H28N6. The first-order valence-corrected chi connectivity index (χ1v) is 12.4. The second kappa shape index (κ2) is 11.4. The predicted octanol–water partition coefficient (Wildman–Crippen LogP) is 9.80. The van der Waals surface area contributed by atoms with Gasteiger partial charge in [0.2, 0.25) is 0 Å². The number of rotatable bonds is 7. The summed E-state index contributed by atoms with van der Waals surface area (Å²) in [6.45, 7) is 2.05. The first kappa shape index (κ1) is 24.7. The van der Waals surface area contributed by atoms with Crippen molar-refractivity contribution in [1.82, 2.24) is 0 Å². The SMILES string of the molecule is Cc1ccc(N=Nc2ccc(N=Nc3ccc(N=Cc4ccc(N(C)C)cc4)c4ccccc34)cc2)cc1. The molecule has 0 saturated heterocycles. The van der Waals surface area contributed by atoms with Crippen LogP contribution >= 0.6 is 0 Å². The first-order valence-electron chi connectivity index (χ1n) is 12.4. The minimum Gasteiger partial charge on any atom is -0.378 e. The lowest BCUT2D eigenvalue weighted by Crippen LogP contribution is -2.08. The Morgan fingerprint density at radius 3 is 1.61 bits per heavy atom. The monoisotopic (exact) mass is 496 g/mol. The molecule has 0 unspecified atom stereocenters. The normalized spacial score (nSPS) is 11.8. The Bertz CT molecular complexity index is 1610. The first-order chi connectivity index (χ1) is 18.5. The predicted molar refractivity (Wildman–Crippen MR) is 158 cm³/mol. The molecule has 0 aliphatic rings. The minimum absolute atomic E-state index is 0.742. The van der Waals surface area contributed by atoms with Gasteiger partial charge in [-0.2, -0.15) is 15.3 Å². The van der Waals surface area contributed by atoms with Gasteiger partial charge >= 0.3 is 0 Å². The summed E-state index contributed by atoms with van der Waals surface area (Å²) < 4.78 is 0. The van der Waals surface area contributed by atoms with Crippen molar-refractivity contribution in [2.45, 2.75) is 6.92 Å². The van der Waals surface area contributed by atoms with E-state index in [1.54, 1.807) is 0 Å². The average molecular weight is 497 g/mol. The van der Waals surface area contributed by atoms with Crippen LogP contribution in [0.3, 0.4) is 0 Å². The third-order valence-corrected chi connectivity index (χ3v) is 6.08. The molecular weight excluding hydrogens is 468 g/mol. The molecule has 0 spiro atoms. The summed E-state index contributed by atoms with van der Waals surface area (Å²) in [5.74, 6) is 0. The highest BCUT2D eigenvalue weighted by Crippen LogP contribution is 2.34. The molecule has 6 heteroatoms. The molecule has 6 nitrogen and oxygen atoms in total. The van der Waals surface area contributed by atoms with Gasteiger partial charge in [-0.3, -0.25) is 4.99 Å². The number of azo groups is 2. The van der Waals surface area contributed by atoms with Gasteiger partial charge in [0, 0.05) is 36.8 Å². The molecule has 0 bridgehead atoms. The summed E-state index contributed by atoms with van der Waals surface area (Å²) in [6.07, 6.45) is 1.89. The minimum atomic E-state index is 0.742. The number of hydrogen-bond acceptors (Lipinski definition) is 6. The molecule has 5 rings (SSSR count). The van der Waals surface area contributed by atoms with Crippen LogP contribution in [0, 0.1) is 6.92 Å². The number of benzene rings is 5. The fourth-order valence-electron chi connectivity index (χ4n) is 3.89. The van der Waals surface area contributed by atoms with Gasteiger partial charge in [-0.1, -0.05) is 54.1 Å². The van der Waals surface area contributed by atoms with Crippen molar-refractivity contribution in [3.05, 3.63) is 120 Å². The highest BCUT2D eigenvalue weighted by molar-refractivity contribution is 6.01. The van der Waals surface area contributed by atoms with Gasteiger partial charge in [-0.15, -0.1) is 5.11 Å². The number of hydrogen-bond donors (Lipinski definition) is 0. The number of aryl methyl sites for hydroxylation is 1. The number of fused-ring (bicyclic) bond motifs is 1. The molecule has 186 valence electrons. The zero-order chi connectivity index (χ0) is 26.3. The van der Waals surface area contributed by atoms with Gasteiger partial charge in [0.15, 0.2) is 0 Å². The Morgan fingerprint density at radius 1 is 0.526 bits per heavy atom. The van der Waals surface area contributed by atoms with Crippen molar-refractivity contribution in [2.75, 3.05) is 19.0 Å². The maximum atomic E-state index is 4.76. The quantitative estimate of drug-likeness (QED) is 0.163. The maximum absolute atomic E-state index is 4.76. The van der Waals surface area contributed by atoms with Gasteiger partial charge in [0.25, 0.3) is 0 Å². The van der Waals surface area contributed by atoms with Crippen LogP contribution in [0.5, 0.6) is 0 Å². The number of nitrogens with zero attached hydrogens (tertiary/aromatic N) is 6. The van der Waals surface area contributed by atoms with Gasteiger partial charge < -0.3 is 4.90 Å². The van der Waals surface area contributed by atoms with Crippen LogP contribution in [0.1, 0.15) is 11.1 Å². The van der Waals surface area contributed by atoms with Crippen molar-refractivity contribution >= 4 is 51.1 Å². The molecule has 0 aliphatic heterocycles. The molecule has 0 atom stereocenters. The van der Waals surface area contributed by atoms with E-state index < -0.39 is 0 Å². The van der Waals surface area contributed by atoms with E-state index in [4.69, 9.17) is 4.99 Å². The molecule has 5 aromatic rings. The second-order valence-corrected chi connectivity index (χ2v) is 9.15. The molecule has 0 amide bonds. The molecule has 0 aliphatic carbocycles. The fraction of sp³-hybridized carbons (Fsp3) is 0.0938. The highest BCUT2D eigenvalue weighted by atomic mass is 15.1. The topological polar surface area (TPSA) is 65.0 Å². The van der Waals surface area contributed by atoms with E-state index in [9.17, 15) is 0 Å². The molecule has 0 fully saturated rings. The summed E-state index contributed by atoms with van der Waals surface area (Å²) in [7, 11) is 4.06. The summed E-state index contributed by atoms with van der Waals surface area (Å²) in [6, 6.07) is 35.8. The lowest BCUT2D eigenvalue weighted by Gasteiger charge is -2.11. The van der Waals surface area contributed by atoms with Crippen molar-refractivity contribution in [2.24, 2.45) is 25.4 Å². The van der Waals surface area contributed by atoms with Crippen LogP contribution in [0.25, 0.3) is 10.8 Å². The number of anilines is 1. The van der Waals surface area contributed by atoms with Gasteiger partial charge in [0.1, 0.15) is 0 Å². The summed E-state index contributed by atoms with van der Waals surface area (Å²) >= 11 is 0. The van der Waals surface area contributed by atoms with E-state index in [-0.39, 0.29) is 0 Å². The van der Waals surface area contributed by atoms with Gasteiger partial charge in [-0.25, -0.2) is 0 Å². The van der Waals surface area contributed by atoms with Crippen LogP contribution in [0.2, 0.25) is 0 Å². The van der Waals surface area contributed by atoms with Crippen molar-refractivity contribution < 1.29 is 0 Å². The Balaban J connectivity index is 1.33. The van der Waals surface area contributed by atoms with E-state index in [1.165, 1.54) is 5.56 Å². The van der Waals surface area contributed by atoms with E-state index in [1.807, 2.05) is 106 Å². The molecule has 0 heterocycles. The van der Waals surface area contributed by atoms with Crippen LogP contribution in [0.4, 0.5) is 34.1 Å². The summed E-state index contributed by atoms with van der Waals surface area (Å²) in [5.41, 5.74) is 7.40. The molecule has 0 radical (unpaired) electrons. The van der Waals surface area contributed by atoms with E-state index in [2.05, 4.69) is 55.7 Å². The second-order valence-electron chi connectivity index (χ2n) is 9.15. The Hall–Kier alpha value is -4.97. The molecule has 0 saturated carbocycles. The smallest absolute Gasteiger partial charge is 0.0936 e. The third-order valence-electron chi connectivity index (χ3n) is 6.08. The lowest BCUT2D eigenvalue weighted by molar-refractivity contribution is 1.13. The average Bonchev–Trinajstić information content (AvgIpc) is 2.95. The summed E-state index contributed by atoms with van der Waals surface area (Å²) in [5, 5.41) is 19.6. The summed E-state index contributed by atoms with van der Waals surface area (Å²) in [4.78, 5) is 6.84. The van der Waals surface area contributed by atoms with Crippen molar-refractivity contribution in [3.63, 3.8) is 0 Å². The maximum Gasteiger partial charge on any atom is 0.0936 e. The standard InChI is InChI=1S/C32H28N6/c1-23-8-12-25(13-9-23)34-35-26-14-16-27(17-15-26)36-37-32-21-20-31(29-6-4-5-7-30(29)32)33-22-24-10-18-28(19-11-24)38(2)3/h4-22H,1-3H3. The zero-order valence-electron chi connectivity index (χ0n) is 21.7. The highest BCUT2D eigenvalue weighted by Gasteiger charge is 2.05. The molecule has 38 heavy (non-hydrogen) atoms. The number of aliphatic imine (C=N–C) groups is 1. The van der Waals surface area contributed by atoms with Crippen LogP contribution < -0.4 is 4.90 Å². The van der Waals surface area contributed by atoms with Crippen molar-refractivity contribution in [1.29, 1.82) is 0 Å². The van der Waals surface area contributed by atoms with Crippen LogP contribution in [-0.4, -0.2) is 20.3 Å². The molecule has 0 N–H and O–H groups in total. The van der Waals surface area contributed by atoms with Crippen LogP contribution in [-0.2, 0) is 0 Å². The van der Waals surface area contributed by atoms with Gasteiger partial charge in [-0.05, 0) is 73.2 Å². The third kappa shape index (κ3) is 6.05. The Kier molecular flexibility index (Phi) is 7.41.